The molecule has 0 atom stereocenters. The maximum atomic E-state index is 12.3. The lowest BCUT2D eigenvalue weighted by Crippen LogP contribution is -2.32. The average Bonchev–Trinajstić information content (AvgIpc) is 2.37. The van der Waals surface area contributed by atoms with E-state index >= 15 is 0 Å². The lowest BCUT2D eigenvalue weighted by atomic mass is 10.1. The predicted octanol–water partition coefficient (Wildman–Crippen LogP) is 2.86. The van der Waals surface area contributed by atoms with Crippen LogP contribution < -0.4 is 10.6 Å². The fourth-order valence-corrected chi connectivity index (χ4v) is 1.48. The molecule has 0 fully saturated rings. The van der Waals surface area contributed by atoms with Crippen molar-refractivity contribution in [1.29, 1.82) is 0 Å². The molecule has 0 spiro atoms. The number of amides is 1. The second-order valence-electron chi connectivity index (χ2n) is 4.08. The second kappa shape index (κ2) is 8.81. The normalized spacial score (nSPS) is 10.8. The van der Waals surface area contributed by atoms with Crippen LogP contribution >= 0.6 is 12.4 Å². The van der Waals surface area contributed by atoms with Crippen LogP contribution in [0.15, 0.2) is 24.3 Å². The molecule has 20 heavy (non-hydrogen) atoms. The molecule has 1 rings (SSSR count). The topological polar surface area (TPSA) is 41.1 Å². The Balaban J connectivity index is 0.00000361. The van der Waals surface area contributed by atoms with E-state index < -0.39 is 11.7 Å². The minimum Gasteiger partial charge on any atom is -0.351 e. The molecule has 0 aliphatic rings. The van der Waals surface area contributed by atoms with Crippen LogP contribution in [0.5, 0.6) is 0 Å². The summed E-state index contributed by atoms with van der Waals surface area (Å²) in [6.45, 7) is 3.99. The Morgan fingerprint density at radius 1 is 1.10 bits per heavy atom. The Kier molecular flexibility index (Phi) is 8.25. The third-order valence-electron chi connectivity index (χ3n) is 2.49. The Bertz CT molecular complexity index is 407. The monoisotopic (exact) mass is 310 g/mol. The molecule has 2 N–H and O–H groups in total. The third-order valence-corrected chi connectivity index (χ3v) is 2.49. The van der Waals surface area contributed by atoms with Crippen molar-refractivity contribution in [2.75, 3.05) is 19.6 Å². The van der Waals surface area contributed by atoms with Crippen molar-refractivity contribution in [3.8, 4) is 0 Å². The zero-order chi connectivity index (χ0) is 14.3. The van der Waals surface area contributed by atoms with E-state index in [1.165, 1.54) is 12.1 Å². The zero-order valence-electron chi connectivity index (χ0n) is 11.1. The molecular formula is C13H18ClF3N2O. The molecule has 0 aromatic heterocycles. The zero-order valence-corrected chi connectivity index (χ0v) is 11.9. The number of nitrogens with one attached hydrogen (secondary N) is 2. The minimum atomic E-state index is -4.38. The lowest BCUT2D eigenvalue weighted by molar-refractivity contribution is -0.137. The second-order valence-corrected chi connectivity index (χ2v) is 4.08. The number of benzene rings is 1. The summed E-state index contributed by atoms with van der Waals surface area (Å²) < 4.78 is 37.0. The predicted molar refractivity (Wildman–Crippen MR) is 74.2 cm³/mol. The minimum absolute atomic E-state index is 0. The van der Waals surface area contributed by atoms with E-state index in [2.05, 4.69) is 10.6 Å². The molecule has 0 aliphatic heterocycles. The van der Waals surface area contributed by atoms with Crippen molar-refractivity contribution in [3.63, 3.8) is 0 Å². The molecular weight excluding hydrogens is 293 g/mol. The van der Waals surface area contributed by atoms with Gasteiger partial charge in [-0.25, -0.2) is 0 Å². The first-order valence-electron chi connectivity index (χ1n) is 6.11. The number of halogens is 4. The third kappa shape index (κ3) is 6.25. The summed E-state index contributed by atoms with van der Waals surface area (Å²) in [7, 11) is 0. The fourth-order valence-electron chi connectivity index (χ4n) is 1.48. The van der Waals surface area contributed by atoms with Gasteiger partial charge in [-0.3, -0.25) is 4.79 Å². The summed E-state index contributed by atoms with van der Waals surface area (Å²) in [4.78, 5) is 11.6. The van der Waals surface area contributed by atoms with Crippen LogP contribution in [0.3, 0.4) is 0 Å². The number of alkyl halides is 3. The van der Waals surface area contributed by atoms with Gasteiger partial charge in [0.2, 0.25) is 0 Å². The molecule has 114 valence electrons. The van der Waals surface area contributed by atoms with Gasteiger partial charge in [0.1, 0.15) is 0 Å². The van der Waals surface area contributed by atoms with Gasteiger partial charge < -0.3 is 10.6 Å². The first-order valence-corrected chi connectivity index (χ1v) is 6.11. The van der Waals surface area contributed by atoms with Gasteiger partial charge in [0.15, 0.2) is 0 Å². The van der Waals surface area contributed by atoms with E-state index in [-0.39, 0.29) is 23.9 Å². The van der Waals surface area contributed by atoms with Gasteiger partial charge >= 0.3 is 6.18 Å². The van der Waals surface area contributed by atoms with Crippen molar-refractivity contribution >= 4 is 18.3 Å². The van der Waals surface area contributed by atoms with E-state index in [9.17, 15) is 18.0 Å². The molecule has 0 radical (unpaired) electrons. The summed E-state index contributed by atoms with van der Waals surface area (Å²) in [5.74, 6) is -0.368. The summed E-state index contributed by atoms with van der Waals surface area (Å²) in [5, 5.41) is 5.74. The highest BCUT2D eigenvalue weighted by atomic mass is 35.5. The first kappa shape index (κ1) is 18.7. The SMILES string of the molecule is CCCNCCNC(=O)c1ccc(C(F)(F)F)cc1.Cl. The smallest absolute Gasteiger partial charge is 0.351 e. The molecule has 0 bridgehead atoms. The highest BCUT2D eigenvalue weighted by Gasteiger charge is 2.30. The lowest BCUT2D eigenvalue weighted by Gasteiger charge is -2.08. The van der Waals surface area contributed by atoms with Crippen LogP contribution in [0.25, 0.3) is 0 Å². The van der Waals surface area contributed by atoms with Gasteiger partial charge in [0.25, 0.3) is 5.91 Å². The molecule has 7 heteroatoms. The fraction of sp³-hybridized carbons (Fsp3) is 0.462. The number of hydrogen-bond donors (Lipinski definition) is 2. The highest BCUT2D eigenvalue weighted by Crippen LogP contribution is 2.28. The standard InChI is InChI=1S/C13H17F3N2O.ClH/c1-2-7-17-8-9-18-12(19)10-3-5-11(6-4-10)13(14,15)16;/h3-6,17H,2,7-9H2,1H3,(H,18,19);1H. The van der Waals surface area contributed by atoms with Gasteiger partial charge in [-0.2, -0.15) is 13.2 Å². The van der Waals surface area contributed by atoms with Gasteiger partial charge in [-0.05, 0) is 37.2 Å². The summed E-state index contributed by atoms with van der Waals surface area (Å²) in [5.41, 5.74) is -0.530. The molecule has 0 aliphatic carbocycles. The summed E-state index contributed by atoms with van der Waals surface area (Å²) >= 11 is 0. The molecule has 1 aromatic rings. The molecule has 0 saturated heterocycles. The van der Waals surface area contributed by atoms with E-state index in [0.29, 0.717) is 13.1 Å². The van der Waals surface area contributed by atoms with Crippen LogP contribution in [-0.2, 0) is 6.18 Å². The molecule has 0 heterocycles. The van der Waals surface area contributed by atoms with E-state index in [0.717, 1.165) is 25.1 Å². The van der Waals surface area contributed by atoms with Crippen molar-refractivity contribution in [1.82, 2.24) is 10.6 Å². The van der Waals surface area contributed by atoms with Crippen molar-refractivity contribution in [3.05, 3.63) is 35.4 Å². The van der Waals surface area contributed by atoms with Gasteiger partial charge in [-0.1, -0.05) is 6.92 Å². The molecule has 0 unspecified atom stereocenters. The number of carbonyl (C=O) groups is 1. The maximum absolute atomic E-state index is 12.3. The maximum Gasteiger partial charge on any atom is 0.416 e. The Hall–Kier alpha value is -1.27. The van der Waals surface area contributed by atoms with Gasteiger partial charge in [0, 0.05) is 18.7 Å². The quantitative estimate of drug-likeness (QED) is 0.793. The Labute approximate surface area is 122 Å². The van der Waals surface area contributed by atoms with Crippen molar-refractivity contribution < 1.29 is 18.0 Å². The van der Waals surface area contributed by atoms with E-state index in [1.54, 1.807) is 0 Å². The Morgan fingerprint density at radius 3 is 2.20 bits per heavy atom. The van der Waals surface area contributed by atoms with E-state index in [1.807, 2.05) is 6.92 Å². The number of carbonyl (C=O) groups excluding carboxylic acids is 1. The average molecular weight is 311 g/mol. The first-order chi connectivity index (χ1) is 8.95. The number of hydrogen-bond acceptors (Lipinski definition) is 2. The highest BCUT2D eigenvalue weighted by molar-refractivity contribution is 5.94. The molecule has 3 nitrogen and oxygen atoms in total. The van der Waals surface area contributed by atoms with Gasteiger partial charge in [-0.15, -0.1) is 12.4 Å². The van der Waals surface area contributed by atoms with Crippen molar-refractivity contribution in [2.24, 2.45) is 0 Å². The van der Waals surface area contributed by atoms with E-state index in [4.69, 9.17) is 0 Å². The Morgan fingerprint density at radius 2 is 1.70 bits per heavy atom. The van der Waals surface area contributed by atoms with Crippen LogP contribution in [-0.4, -0.2) is 25.5 Å². The van der Waals surface area contributed by atoms with Crippen molar-refractivity contribution in [2.45, 2.75) is 19.5 Å². The summed E-state index contributed by atoms with van der Waals surface area (Å²) in [6.07, 6.45) is -3.37. The van der Waals surface area contributed by atoms with Crippen LogP contribution in [0.4, 0.5) is 13.2 Å². The van der Waals surface area contributed by atoms with Crippen LogP contribution in [0.1, 0.15) is 29.3 Å². The largest absolute Gasteiger partial charge is 0.416 e. The molecule has 0 saturated carbocycles. The van der Waals surface area contributed by atoms with Crippen LogP contribution in [0, 0.1) is 0 Å². The van der Waals surface area contributed by atoms with Crippen LogP contribution in [0.2, 0.25) is 0 Å². The molecule has 1 amide bonds. The van der Waals surface area contributed by atoms with Gasteiger partial charge in [0.05, 0.1) is 5.56 Å². The molecule has 1 aromatic carbocycles. The summed E-state index contributed by atoms with van der Waals surface area (Å²) in [6, 6.07) is 4.17. The number of rotatable bonds is 6.